The number of aromatic nitrogens is 2. The Morgan fingerprint density at radius 1 is 1.33 bits per heavy atom. The van der Waals surface area contributed by atoms with Gasteiger partial charge in [-0.05, 0) is 30.9 Å². The lowest BCUT2D eigenvalue weighted by Gasteiger charge is -2.32. The molecule has 2 aliphatic rings. The van der Waals surface area contributed by atoms with E-state index in [2.05, 4.69) is 34.7 Å². The molecule has 0 saturated carbocycles. The summed E-state index contributed by atoms with van der Waals surface area (Å²) >= 11 is 0. The van der Waals surface area contributed by atoms with Crippen LogP contribution in [0.25, 0.3) is 0 Å². The van der Waals surface area contributed by atoms with Gasteiger partial charge in [-0.2, -0.15) is 0 Å². The summed E-state index contributed by atoms with van der Waals surface area (Å²) in [7, 11) is 0. The number of hydrogen-bond acceptors (Lipinski definition) is 3. The Balaban J connectivity index is 1.54. The number of rotatable bonds is 3. The second-order valence-electron chi connectivity index (χ2n) is 6.54. The van der Waals surface area contributed by atoms with Crippen molar-refractivity contribution in [3.05, 3.63) is 53.6 Å². The van der Waals surface area contributed by atoms with E-state index in [1.165, 1.54) is 11.1 Å². The van der Waals surface area contributed by atoms with Crippen LogP contribution < -0.4 is 0 Å². The molecule has 5 nitrogen and oxygen atoms in total. The second kappa shape index (κ2) is 6.40. The predicted octanol–water partition coefficient (Wildman–Crippen LogP) is 2.57. The zero-order chi connectivity index (χ0) is 16.5. The van der Waals surface area contributed by atoms with E-state index in [0.29, 0.717) is 13.2 Å². The Hall–Kier alpha value is -2.14. The quantitative estimate of drug-likeness (QED) is 0.871. The first-order valence-electron chi connectivity index (χ1n) is 8.76. The van der Waals surface area contributed by atoms with Crippen molar-refractivity contribution < 1.29 is 9.53 Å². The smallest absolute Gasteiger partial charge is 0.229 e. The van der Waals surface area contributed by atoms with Gasteiger partial charge in [-0.25, -0.2) is 4.98 Å². The molecule has 24 heavy (non-hydrogen) atoms. The summed E-state index contributed by atoms with van der Waals surface area (Å²) in [4.78, 5) is 19.6. The van der Waals surface area contributed by atoms with Crippen molar-refractivity contribution in [3.8, 4) is 0 Å². The van der Waals surface area contributed by atoms with Crippen molar-refractivity contribution >= 4 is 5.91 Å². The highest BCUT2D eigenvalue weighted by molar-refractivity contribution is 5.80. The molecule has 0 aliphatic carbocycles. The first-order valence-corrected chi connectivity index (χ1v) is 8.76. The van der Waals surface area contributed by atoms with E-state index in [0.717, 1.165) is 31.8 Å². The normalized spacial score (nSPS) is 23.3. The highest BCUT2D eigenvalue weighted by Gasteiger charge is 2.40. The predicted molar refractivity (Wildman–Crippen MR) is 90.3 cm³/mol. The summed E-state index contributed by atoms with van der Waals surface area (Å²) in [5.74, 6) is 0.964. The largest absolute Gasteiger partial charge is 0.369 e. The number of nitrogens with zero attached hydrogens (tertiary/aromatic N) is 3. The molecule has 0 N–H and O–H groups in total. The van der Waals surface area contributed by atoms with Gasteiger partial charge in [0.2, 0.25) is 5.91 Å². The maximum Gasteiger partial charge on any atom is 0.229 e. The SMILES string of the molecule is CCn1ccnc1[C@@H]1OCC[C@H]1C(=O)N1CCc2ccccc2C1. The maximum atomic E-state index is 13.1. The lowest BCUT2D eigenvalue weighted by Crippen LogP contribution is -2.40. The van der Waals surface area contributed by atoms with Gasteiger partial charge in [0.15, 0.2) is 0 Å². The Bertz CT molecular complexity index is 740. The van der Waals surface area contributed by atoms with Crippen LogP contribution in [0, 0.1) is 5.92 Å². The molecule has 1 fully saturated rings. The molecule has 2 aliphatic heterocycles. The summed E-state index contributed by atoms with van der Waals surface area (Å²) in [5.41, 5.74) is 2.63. The van der Waals surface area contributed by atoms with Gasteiger partial charge in [0.1, 0.15) is 11.9 Å². The molecule has 1 saturated heterocycles. The molecule has 0 spiro atoms. The van der Waals surface area contributed by atoms with E-state index < -0.39 is 0 Å². The second-order valence-corrected chi connectivity index (χ2v) is 6.54. The molecule has 0 bridgehead atoms. The first kappa shape index (κ1) is 15.4. The number of fused-ring (bicyclic) bond motifs is 1. The topological polar surface area (TPSA) is 47.4 Å². The molecule has 0 unspecified atom stereocenters. The van der Waals surface area contributed by atoms with Crippen LogP contribution in [0.4, 0.5) is 0 Å². The number of carbonyl (C=O) groups excluding carboxylic acids is 1. The Labute approximate surface area is 142 Å². The number of ether oxygens (including phenoxy) is 1. The van der Waals surface area contributed by atoms with Crippen molar-refractivity contribution in [1.82, 2.24) is 14.5 Å². The summed E-state index contributed by atoms with van der Waals surface area (Å²) in [5, 5.41) is 0. The third-order valence-corrected chi connectivity index (χ3v) is 5.19. The van der Waals surface area contributed by atoms with E-state index in [1.54, 1.807) is 6.20 Å². The molecule has 4 rings (SSSR count). The van der Waals surface area contributed by atoms with Crippen LogP contribution in [0.3, 0.4) is 0 Å². The molecule has 1 aromatic heterocycles. The highest BCUT2D eigenvalue weighted by atomic mass is 16.5. The van der Waals surface area contributed by atoms with Gasteiger partial charge in [0, 0.05) is 38.6 Å². The molecule has 2 aromatic rings. The molecular weight excluding hydrogens is 302 g/mol. The van der Waals surface area contributed by atoms with Crippen molar-refractivity contribution in [2.24, 2.45) is 5.92 Å². The van der Waals surface area contributed by atoms with Gasteiger partial charge in [-0.1, -0.05) is 24.3 Å². The molecule has 2 atom stereocenters. The lowest BCUT2D eigenvalue weighted by atomic mass is 9.95. The van der Waals surface area contributed by atoms with Gasteiger partial charge in [0.05, 0.1) is 5.92 Å². The van der Waals surface area contributed by atoms with Crippen molar-refractivity contribution in [3.63, 3.8) is 0 Å². The summed E-state index contributed by atoms with van der Waals surface area (Å²) < 4.78 is 7.97. The van der Waals surface area contributed by atoms with Gasteiger partial charge < -0.3 is 14.2 Å². The molecule has 1 amide bonds. The van der Waals surface area contributed by atoms with E-state index in [-0.39, 0.29) is 17.9 Å². The number of hydrogen-bond donors (Lipinski definition) is 0. The van der Waals surface area contributed by atoms with Gasteiger partial charge in [0.25, 0.3) is 0 Å². The standard InChI is InChI=1S/C19H23N3O2/c1-2-21-11-9-20-18(21)17-16(8-12-24-17)19(23)22-10-7-14-5-3-4-6-15(14)13-22/h3-6,9,11,16-17H,2,7-8,10,12-13H2,1H3/t16-,17-/m1/s1. The van der Waals surface area contributed by atoms with Crippen LogP contribution in [0.15, 0.2) is 36.7 Å². The molecule has 0 radical (unpaired) electrons. The van der Waals surface area contributed by atoms with E-state index in [9.17, 15) is 4.79 Å². The van der Waals surface area contributed by atoms with E-state index >= 15 is 0 Å². The Morgan fingerprint density at radius 3 is 3.00 bits per heavy atom. The van der Waals surface area contributed by atoms with Gasteiger partial charge >= 0.3 is 0 Å². The minimum atomic E-state index is -0.218. The number of carbonyl (C=O) groups is 1. The molecular formula is C19H23N3O2. The zero-order valence-corrected chi connectivity index (χ0v) is 14.0. The molecule has 126 valence electrons. The van der Waals surface area contributed by atoms with E-state index in [4.69, 9.17) is 4.74 Å². The average molecular weight is 325 g/mol. The fourth-order valence-corrected chi connectivity index (χ4v) is 3.86. The fraction of sp³-hybridized carbons (Fsp3) is 0.474. The molecule has 3 heterocycles. The van der Waals surface area contributed by atoms with Gasteiger partial charge in [-0.15, -0.1) is 0 Å². The Kier molecular flexibility index (Phi) is 4.10. The van der Waals surface area contributed by atoms with E-state index in [1.807, 2.05) is 17.2 Å². The van der Waals surface area contributed by atoms with Crippen LogP contribution in [-0.4, -0.2) is 33.5 Å². The number of amides is 1. The summed E-state index contributed by atoms with van der Waals surface area (Å²) in [6.45, 7) is 5.05. The first-order chi connectivity index (χ1) is 11.8. The summed E-state index contributed by atoms with van der Waals surface area (Å²) in [6, 6.07) is 8.41. The van der Waals surface area contributed by atoms with Crippen molar-refractivity contribution in [2.45, 2.75) is 39.0 Å². The van der Waals surface area contributed by atoms with Crippen molar-refractivity contribution in [2.75, 3.05) is 13.2 Å². The minimum absolute atomic E-state index is 0.122. The number of aryl methyl sites for hydroxylation is 1. The third-order valence-electron chi connectivity index (χ3n) is 5.19. The summed E-state index contributed by atoms with van der Waals surface area (Å²) in [6.07, 6.45) is 5.24. The number of benzene rings is 1. The number of imidazole rings is 1. The average Bonchev–Trinajstić information content (AvgIpc) is 3.28. The Morgan fingerprint density at radius 2 is 2.17 bits per heavy atom. The van der Waals surface area contributed by atoms with Crippen LogP contribution in [0.5, 0.6) is 0 Å². The van der Waals surface area contributed by atoms with Crippen LogP contribution >= 0.6 is 0 Å². The highest BCUT2D eigenvalue weighted by Crippen LogP contribution is 2.36. The van der Waals surface area contributed by atoms with Crippen LogP contribution in [0.1, 0.15) is 36.4 Å². The minimum Gasteiger partial charge on any atom is -0.369 e. The molecule has 5 heteroatoms. The third kappa shape index (κ3) is 2.63. The van der Waals surface area contributed by atoms with Gasteiger partial charge in [-0.3, -0.25) is 4.79 Å². The van der Waals surface area contributed by atoms with Crippen LogP contribution in [-0.2, 0) is 29.0 Å². The van der Waals surface area contributed by atoms with Crippen LogP contribution in [0.2, 0.25) is 0 Å². The monoisotopic (exact) mass is 325 g/mol. The zero-order valence-electron chi connectivity index (χ0n) is 14.0. The molecule has 1 aromatic carbocycles. The fourth-order valence-electron chi connectivity index (χ4n) is 3.86. The maximum absolute atomic E-state index is 13.1. The van der Waals surface area contributed by atoms with Crippen molar-refractivity contribution in [1.29, 1.82) is 0 Å². The lowest BCUT2D eigenvalue weighted by molar-refractivity contribution is -0.138.